The molecular formula is C34H29N5O5. The monoisotopic (exact) mass is 587 g/mol. The average molecular weight is 588 g/mol. The minimum Gasteiger partial charge on any atom is -0.465 e. The predicted octanol–water partition coefficient (Wildman–Crippen LogP) is 6.61. The zero-order valence-electron chi connectivity index (χ0n) is 24.3. The quantitative estimate of drug-likeness (QED) is 0.0869. The number of non-ortho nitro benzene ring substituents is 1. The van der Waals surface area contributed by atoms with E-state index in [1.54, 1.807) is 31.4 Å². The normalized spacial score (nSPS) is 13.3. The number of anilines is 2. The molecule has 10 nitrogen and oxygen atoms in total. The number of carbonyl (C=O) groups is 1. The first-order valence-electron chi connectivity index (χ1n) is 14.4. The Morgan fingerprint density at radius 2 is 1.82 bits per heavy atom. The number of benzene rings is 4. The van der Waals surface area contributed by atoms with Crippen molar-refractivity contribution in [1.82, 2.24) is 9.55 Å². The van der Waals surface area contributed by atoms with Crippen LogP contribution in [0.15, 0.2) is 83.9 Å². The number of rotatable bonds is 8. The van der Waals surface area contributed by atoms with Crippen molar-refractivity contribution in [2.24, 2.45) is 4.99 Å². The fraction of sp³-hybridized carbons (Fsp3) is 0.206. The van der Waals surface area contributed by atoms with Gasteiger partial charge >= 0.3 is 5.97 Å². The van der Waals surface area contributed by atoms with E-state index in [0.29, 0.717) is 24.2 Å². The standard InChI is InChI=1S/C34H29N5O5/c1-43-18-4-16-38-30-14-10-24(34(40)44-2)20-28(30)36-33(38)23-9-13-29-27(19-23)35-31(21-7-11-25(12-8-21)39(41)42)26-6-3-5-22-15-17-37(29)32(22)26/h3,5-14,19-20H,4,15-18H2,1-2H3. The van der Waals surface area contributed by atoms with E-state index < -0.39 is 10.9 Å². The van der Waals surface area contributed by atoms with Crippen molar-refractivity contribution >= 4 is 45.5 Å². The Morgan fingerprint density at radius 1 is 1.00 bits per heavy atom. The van der Waals surface area contributed by atoms with Crippen LogP contribution in [0.2, 0.25) is 0 Å². The van der Waals surface area contributed by atoms with Gasteiger partial charge in [-0.15, -0.1) is 0 Å². The number of hydrogen-bond donors (Lipinski definition) is 0. The number of aliphatic imine (C=N–C) groups is 1. The Bertz CT molecular complexity index is 1980. The number of hydrogen-bond acceptors (Lipinski definition) is 8. The summed E-state index contributed by atoms with van der Waals surface area (Å²) in [6, 6.07) is 24.5. The SMILES string of the molecule is COCCCn1c(-c2ccc3c(c2)N=C(c2ccc([N+](=O)[O-])cc2)c2cccc4c2N3CC4)nc2cc(C(=O)OC)ccc21. The minimum atomic E-state index is -0.412. The molecule has 0 atom stereocenters. The maximum absolute atomic E-state index is 12.3. The third kappa shape index (κ3) is 4.60. The Kier molecular flexibility index (Phi) is 6.90. The van der Waals surface area contributed by atoms with Gasteiger partial charge in [0.15, 0.2) is 0 Å². The van der Waals surface area contributed by atoms with Crippen molar-refractivity contribution in [3.8, 4) is 11.4 Å². The van der Waals surface area contributed by atoms with Crippen LogP contribution in [0.4, 0.5) is 22.7 Å². The van der Waals surface area contributed by atoms with Crippen LogP contribution in [-0.4, -0.2) is 53.5 Å². The molecule has 0 N–H and O–H groups in total. The molecule has 0 fully saturated rings. The molecule has 0 aliphatic carbocycles. The molecule has 7 rings (SSSR count). The zero-order valence-corrected chi connectivity index (χ0v) is 24.3. The van der Waals surface area contributed by atoms with Crippen LogP contribution in [0.1, 0.15) is 33.5 Å². The van der Waals surface area contributed by atoms with E-state index in [4.69, 9.17) is 19.5 Å². The van der Waals surface area contributed by atoms with E-state index in [1.807, 2.05) is 12.1 Å². The fourth-order valence-electron chi connectivity index (χ4n) is 6.20. The van der Waals surface area contributed by atoms with Gasteiger partial charge in [-0.2, -0.15) is 0 Å². The predicted molar refractivity (Wildman–Crippen MR) is 169 cm³/mol. The molecule has 0 saturated heterocycles. The highest BCUT2D eigenvalue weighted by Crippen LogP contribution is 2.46. The van der Waals surface area contributed by atoms with Crippen molar-refractivity contribution < 1.29 is 19.2 Å². The largest absolute Gasteiger partial charge is 0.465 e. The highest BCUT2D eigenvalue weighted by atomic mass is 16.6. The smallest absolute Gasteiger partial charge is 0.337 e. The molecule has 0 saturated carbocycles. The second kappa shape index (κ2) is 11.1. The summed E-state index contributed by atoms with van der Waals surface area (Å²) in [5.41, 5.74) is 9.66. The molecule has 0 bridgehead atoms. The summed E-state index contributed by atoms with van der Waals surface area (Å²) in [6.45, 7) is 2.10. The maximum Gasteiger partial charge on any atom is 0.337 e. The van der Waals surface area contributed by atoms with Crippen molar-refractivity contribution in [3.05, 3.63) is 111 Å². The van der Waals surface area contributed by atoms with Crippen LogP contribution < -0.4 is 4.90 Å². The molecule has 44 heavy (non-hydrogen) atoms. The molecular weight excluding hydrogens is 558 g/mol. The summed E-state index contributed by atoms with van der Waals surface area (Å²) in [7, 11) is 3.05. The van der Waals surface area contributed by atoms with Gasteiger partial charge in [-0.3, -0.25) is 10.1 Å². The van der Waals surface area contributed by atoms with Crippen molar-refractivity contribution in [2.75, 3.05) is 32.3 Å². The number of nitro groups is 1. The minimum absolute atomic E-state index is 0.0355. The number of aromatic nitrogens is 2. The van der Waals surface area contributed by atoms with E-state index in [1.165, 1.54) is 24.8 Å². The molecule has 10 heteroatoms. The highest BCUT2D eigenvalue weighted by Gasteiger charge is 2.30. The number of fused-ring (bicyclic) bond motifs is 3. The molecule has 0 spiro atoms. The van der Waals surface area contributed by atoms with Crippen LogP contribution in [0.5, 0.6) is 0 Å². The number of carbonyl (C=O) groups excluding carboxylic acids is 1. The van der Waals surface area contributed by atoms with Crippen LogP contribution in [0.3, 0.4) is 0 Å². The van der Waals surface area contributed by atoms with Crippen LogP contribution in [0.25, 0.3) is 22.4 Å². The molecule has 0 radical (unpaired) electrons. The Balaban J connectivity index is 1.40. The van der Waals surface area contributed by atoms with Crippen LogP contribution in [0, 0.1) is 10.1 Å². The lowest BCUT2D eigenvalue weighted by Crippen LogP contribution is -2.15. The number of nitro benzene ring substituents is 1. The van der Waals surface area contributed by atoms with Gasteiger partial charge in [-0.25, -0.2) is 14.8 Å². The summed E-state index contributed by atoms with van der Waals surface area (Å²) in [5, 5.41) is 11.3. The van der Waals surface area contributed by atoms with E-state index >= 15 is 0 Å². The molecule has 1 aromatic heterocycles. The van der Waals surface area contributed by atoms with Crippen molar-refractivity contribution in [2.45, 2.75) is 19.4 Å². The lowest BCUT2D eigenvalue weighted by molar-refractivity contribution is -0.384. The van der Waals surface area contributed by atoms with Gasteiger partial charge in [0, 0.05) is 55.6 Å². The van der Waals surface area contributed by atoms with Crippen molar-refractivity contribution in [1.29, 1.82) is 0 Å². The van der Waals surface area contributed by atoms with Crippen LogP contribution in [-0.2, 0) is 22.4 Å². The van der Waals surface area contributed by atoms with Gasteiger partial charge < -0.3 is 18.9 Å². The fourth-order valence-corrected chi connectivity index (χ4v) is 6.20. The first kappa shape index (κ1) is 27.5. The first-order chi connectivity index (χ1) is 21.5. The molecule has 2 aliphatic heterocycles. The van der Waals surface area contributed by atoms with Gasteiger partial charge in [0.2, 0.25) is 0 Å². The lowest BCUT2D eigenvalue weighted by Gasteiger charge is -2.22. The molecule has 3 heterocycles. The van der Waals surface area contributed by atoms with Gasteiger partial charge in [0.25, 0.3) is 5.69 Å². The number of aryl methyl sites for hydroxylation is 1. The summed E-state index contributed by atoms with van der Waals surface area (Å²) in [4.78, 5) is 35.7. The molecule has 5 aromatic rings. The number of methoxy groups -OCH3 is 2. The number of nitrogens with zero attached hydrogens (tertiary/aromatic N) is 5. The summed E-state index contributed by atoms with van der Waals surface area (Å²) < 4.78 is 12.4. The Hall–Kier alpha value is -5.35. The molecule has 0 unspecified atom stereocenters. The Morgan fingerprint density at radius 3 is 2.59 bits per heavy atom. The van der Waals surface area contributed by atoms with E-state index in [0.717, 1.165) is 70.2 Å². The maximum atomic E-state index is 12.3. The van der Waals surface area contributed by atoms with Gasteiger partial charge in [-0.05, 0) is 66.9 Å². The Labute approximate surface area is 253 Å². The molecule has 2 aliphatic rings. The number of para-hydroxylation sites is 1. The third-order valence-electron chi connectivity index (χ3n) is 8.26. The van der Waals surface area contributed by atoms with E-state index in [-0.39, 0.29) is 5.69 Å². The molecule has 0 amide bonds. The second-order valence-electron chi connectivity index (χ2n) is 10.8. The summed E-state index contributed by atoms with van der Waals surface area (Å²) in [5.74, 6) is 0.349. The third-order valence-corrected chi connectivity index (χ3v) is 8.26. The van der Waals surface area contributed by atoms with E-state index in [9.17, 15) is 14.9 Å². The second-order valence-corrected chi connectivity index (χ2v) is 10.8. The summed E-state index contributed by atoms with van der Waals surface area (Å²) in [6.07, 6.45) is 1.70. The molecule has 220 valence electrons. The lowest BCUT2D eigenvalue weighted by atomic mass is 9.98. The number of esters is 1. The molecule has 4 aromatic carbocycles. The van der Waals surface area contributed by atoms with Crippen molar-refractivity contribution in [3.63, 3.8) is 0 Å². The van der Waals surface area contributed by atoms with Gasteiger partial charge in [0.05, 0.1) is 51.4 Å². The average Bonchev–Trinajstić information content (AvgIpc) is 3.61. The summed E-state index contributed by atoms with van der Waals surface area (Å²) >= 11 is 0. The topological polar surface area (TPSA) is 112 Å². The van der Waals surface area contributed by atoms with Gasteiger partial charge in [-0.1, -0.05) is 18.2 Å². The number of ether oxygens (including phenoxy) is 2. The van der Waals surface area contributed by atoms with Gasteiger partial charge in [0.1, 0.15) is 5.82 Å². The zero-order chi connectivity index (χ0) is 30.4. The number of imidazole rings is 1. The van der Waals surface area contributed by atoms with E-state index in [2.05, 4.69) is 39.8 Å². The first-order valence-corrected chi connectivity index (χ1v) is 14.4. The van der Waals surface area contributed by atoms with Crippen LogP contribution >= 0.6 is 0 Å². The highest BCUT2D eigenvalue weighted by molar-refractivity contribution is 6.19.